The second kappa shape index (κ2) is 4.36. The Morgan fingerprint density at radius 1 is 1.56 bits per heavy atom. The van der Waals surface area contributed by atoms with Crippen molar-refractivity contribution in [3.8, 4) is 5.75 Å². The molecule has 0 spiro atoms. The maximum absolute atomic E-state index is 9.55. The summed E-state index contributed by atoms with van der Waals surface area (Å²) in [6.07, 6.45) is -0.990. The van der Waals surface area contributed by atoms with E-state index in [1.807, 2.05) is 32.0 Å². The van der Waals surface area contributed by atoms with Gasteiger partial charge >= 0.3 is 0 Å². The van der Waals surface area contributed by atoms with Gasteiger partial charge in [-0.15, -0.1) is 5.11 Å². The highest BCUT2D eigenvalue weighted by atomic mass is 16.5. The van der Waals surface area contributed by atoms with Gasteiger partial charge in [-0.1, -0.05) is 11.3 Å². The van der Waals surface area contributed by atoms with Gasteiger partial charge in [0.25, 0.3) is 6.35 Å². The van der Waals surface area contributed by atoms with E-state index >= 15 is 0 Å². The smallest absolute Gasteiger partial charge is 0.265 e. The minimum atomic E-state index is -0.990. The summed E-state index contributed by atoms with van der Waals surface area (Å²) in [4.78, 5) is 0. The van der Waals surface area contributed by atoms with E-state index in [0.717, 1.165) is 17.0 Å². The Morgan fingerprint density at radius 2 is 2.38 bits per heavy atom. The third kappa shape index (κ3) is 1.79. The molecule has 0 saturated heterocycles. The van der Waals surface area contributed by atoms with Gasteiger partial charge in [0, 0.05) is 5.56 Å². The molecule has 0 bridgehead atoms. The highest BCUT2D eigenvalue weighted by Crippen LogP contribution is 2.29. The van der Waals surface area contributed by atoms with E-state index in [0.29, 0.717) is 6.61 Å². The molecule has 1 aromatic rings. The fraction of sp³-hybridized carbons (Fsp3) is 0.400. The lowest BCUT2D eigenvalue weighted by atomic mass is 10.1. The third-order valence-electron chi connectivity index (χ3n) is 2.36. The minimum Gasteiger partial charge on any atom is -0.494 e. The Morgan fingerprint density at radius 3 is 3.00 bits per heavy atom. The van der Waals surface area contributed by atoms with Crippen LogP contribution in [0.25, 0.3) is 0 Å². The lowest BCUT2D eigenvalue weighted by Gasteiger charge is -2.22. The first kappa shape index (κ1) is 10.7. The first-order valence-electron chi connectivity index (χ1n) is 5.09. The zero-order valence-electron chi connectivity index (χ0n) is 9.21. The Labute approximate surface area is 93.5 Å². The van der Waals surface area contributed by atoms with E-state index < -0.39 is 6.35 Å². The highest BCUT2D eigenvalue weighted by Gasteiger charge is 2.22. The van der Waals surface area contributed by atoms with Crippen LogP contribution in [0.1, 0.15) is 12.5 Å². The number of benzene rings is 1. The van der Waals surface area contributed by atoms with Gasteiger partial charge in [0.05, 0.1) is 12.3 Å². The van der Waals surface area contributed by atoms with Gasteiger partial charge in [-0.25, -0.2) is 5.01 Å². The van der Waals surface area contributed by atoms with E-state index in [1.54, 1.807) is 0 Å². The average Bonchev–Trinajstić information content (AvgIpc) is 2.68. The molecule has 16 heavy (non-hydrogen) atoms. The maximum atomic E-state index is 9.55. The second-order valence-corrected chi connectivity index (χ2v) is 3.37. The van der Waals surface area contributed by atoms with E-state index in [4.69, 9.17) is 4.74 Å². The number of anilines is 1. The van der Waals surface area contributed by atoms with Crippen LogP contribution in [0.15, 0.2) is 28.5 Å². The number of rotatable bonds is 3. The monoisotopic (exact) mass is 222 g/mol. The minimum absolute atomic E-state index is 0.606. The van der Waals surface area contributed by atoms with Crippen LogP contribution >= 0.6 is 0 Å². The fourth-order valence-corrected chi connectivity index (χ4v) is 1.58. The molecule has 0 saturated carbocycles. The molecule has 86 valence electrons. The molecule has 1 atom stereocenters. The van der Waals surface area contributed by atoms with Crippen LogP contribution in [0.2, 0.25) is 0 Å². The van der Waals surface area contributed by atoms with Crippen LogP contribution < -0.4 is 15.3 Å². The zero-order chi connectivity index (χ0) is 11.5. The van der Waals surface area contributed by atoms with Crippen LogP contribution in [-0.2, 0) is 0 Å². The fourth-order valence-electron chi connectivity index (χ4n) is 1.58. The van der Waals surface area contributed by atoms with Crippen LogP contribution in [0.5, 0.6) is 5.75 Å². The predicted molar refractivity (Wildman–Crippen MR) is 58.8 cm³/mol. The SMILES string of the molecule is CCOc1cccc(N2NN=NC2O)c1C. The Balaban J connectivity index is 2.30. The molecule has 0 aliphatic carbocycles. The standard InChI is InChI=1S/C10H14N4O2/c1-3-16-9-6-4-5-8(7(9)2)14-10(15)11-12-13-14/h4-6,10,15H,3H2,1-2H3,(H,11,13). The Hall–Kier alpha value is -1.82. The summed E-state index contributed by atoms with van der Waals surface area (Å²) in [6.45, 7) is 4.46. The number of hydrogen-bond donors (Lipinski definition) is 2. The molecule has 0 amide bonds. The first-order chi connectivity index (χ1) is 7.74. The van der Waals surface area contributed by atoms with Gasteiger partial charge in [-0.2, -0.15) is 5.53 Å². The van der Waals surface area contributed by atoms with E-state index in [1.165, 1.54) is 5.01 Å². The van der Waals surface area contributed by atoms with Crippen molar-refractivity contribution in [1.82, 2.24) is 5.53 Å². The maximum Gasteiger partial charge on any atom is 0.265 e. The number of aliphatic hydroxyl groups excluding tert-OH is 1. The molecule has 2 N–H and O–H groups in total. The molecule has 1 unspecified atom stereocenters. The van der Waals surface area contributed by atoms with Gasteiger partial charge in [-0.05, 0) is 26.0 Å². The summed E-state index contributed by atoms with van der Waals surface area (Å²) < 4.78 is 5.47. The summed E-state index contributed by atoms with van der Waals surface area (Å²) in [5.41, 5.74) is 4.35. The van der Waals surface area contributed by atoms with Crippen LogP contribution in [0, 0.1) is 6.92 Å². The quantitative estimate of drug-likeness (QED) is 0.810. The molecule has 1 aromatic carbocycles. The summed E-state index contributed by atoms with van der Waals surface area (Å²) >= 11 is 0. The number of aliphatic hydroxyl groups is 1. The van der Waals surface area contributed by atoms with Gasteiger partial charge in [-0.3, -0.25) is 0 Å². The van der Waals surface area contributed by atoms with E-state index in [9.17, 15) is 5.11 Å². The van der Waals surface area contributed by atoms with Gasteiger partial charge in [0.1, 0.15) is 5.75 Å². The molecule has 1 aliphatic heterocycles. The molecule has 1 aliphatic rings. The molecule has 6 nitrogen and oxygen atoms in total. The van der Waals surface area contributed by atoms with Crippen molar-refractivity contribution < 1.29 is 9.84 Å². The molecular formula is C10H14N4O2. The molecule has 1 heterocycles. The van der Waals surface area contributed by atoms with Gasteiger partial charge in [0.15, 0.2) is 0 Å². The largest absolute Gasteiger partial charge is 0.494 e. The number of ether oxygens (including phenoxy) is 1. The second-order valence-electron chi connectivity index (χ2n) is 3.37. The summed E-state index contributed by atoms with van der Waals surface area (Å²) in [6, 6.07) is 5.61. The molecule has 0 radical (unpaired) electrons. The van der Waals surface area contributed by atoms with E-state index in [2.05, 4.69) is 15.9 Å². The summed E-state index contributed by atoms with van der Waals surface area (Å²) in [5, 5.41) is 18.1. The predicted octanol–water partition coefficient (Wildman–Crippen LogP) is 1.36. The van der Waals surface area contributed by atoms with Crippen molar-refractivity contribution in [3.05, 3.63) is 23.8 Å². The number of nitrogens with one attached hydrogen (secondary N) is 1. The lowest BCUT2D eigenvalue weighted by molar-refractivity contribution is 0.183. The van der Waals surface area contributed by atoms with E-state index in [-0.39, 0.29) is 0 Å². The Kier molecular flexibility index (Phi) is 2.91. The van der Waals surface area contributed by atoms with Crippen molar-refractivity contribution >= 4 is 5.69 Å². The summed E-state index contributed by atoms with van der Waals surface area (Å²) in [7, 11) is 0. The molecule has 2 rings (SSSR count). The average molecular weight is 222 g/mol. The van der Waals surface area contributed by atoms with Crippen LogP contribution in [0.3, 0.4) is 0 Å². The molecule has 6 heteroatoms. The van der Waals surface area contributed by atoms with Crippen molar-refractivity contribution in [1.29, 1.82) is 0 Å². The number of hydrogen-bond acceptors (Lipinski definition) is 6. The van der Waals surface area contributed by atoms with Crippen LogP contribution in [0.4, 0.5) is 5.69 Å². The highest BCUT2D eigenvalue weighted by molar-refractivity contribution is 5.58. The van der Waals surface area contributed by atoms with Crippen molar-refractivity contribution in [2.45, 2.75) is 20.2 Å². The molecule has 0 fully saturated rings. The molecular weight excluding hydrogens is 208 g/mol. The van der Waals surface area contributed by atoms with Gasteiger partial charge < -0.3 is 9.84 Å². The number of nitrogens with zero attached hydrogens (tertiary/aromatic N) is 3. The van der Waals surface area contributed by atoms with Crippen molar-refractivity contribution in [3.63, 3.8) is 0 Å². The zero-order valence-corrected chi connectivity index (χ0v) is 9.21. The first-order valence-corrected chi connectivity index (χ1v) is 5.09. The summed E-state index contributed by atoms with van der Waals surface area (Å²) in [5.74, 6) is 0.793. The third-order valence-corrected chi connectivity index (χ3v) is 2.36. The van der Waals surface area contributed by atoms with Gasteiger partial charge in [0.2, 0.25) is 0 Å². The van der Waals surface area contributed by atoms with Crippen molar-refractivity contribution in [2.24, 2.45) is 10.3 Å². The molecule has 0 aromatic heterocycles. The number of hydrazine groups is 1. The van der Waals surface area contributed by atoms with Crippen LogP contribution in [-0.4, -0.2) is 18.1 Å². The Bertz CT molecular complexity index is 408. The normalized spacial score (nSPS) is 18.7. The van der Waals surface area contributed by atoms with Crippen molar-refractivity contribution in [2.75, 3.05) is 11.6 Å². The lowest BCUT2D eigenvalue weighted by Crippen LogP contribution is -2.37. The topological polar surface area (TPSA) is 69.5 Å².